The Hall–Kier alpha value is -2.86. The van der Waals surface area contributed by atoms with Gasteiger partial charge < -0.3 is 24.0 Å². The molecule has 0 bridgehead atoms. The van der Waals surface area contributed by atoms with Crippen LogP contribution in [0.25, 0.3) is 0 Å². The van der Waals surface area contributed by atoms with E-state index in [0.29, 0.717) is 48.4 Å². The van der Waals surface area contributed by atoms with E-state index in [0.717, 1.165) is 0 Å². The van der Waals surface area contributed by atoms with Crippen molar-refractivity contribution in [3.63, 3.8) is 0 Å². The molecular formula is C24H28ClN3O7S. The highest BCUT2D eigenvalue weighted by Crippen LogP contribution is 2.29. The first-order valence-electron chi connectivity index (χ1n) is 11.5. The van der Waals surface area contributed by atoms with Gasteiger partial charge in [-0.05, 0) is 42.5 Å². The molecule has 12 heteroatoms. The van der Waals surface area contributed by atoms with Gasteiger partial charge in [-0.3, -0.25) is 9.59 Å². The predicted molar refractivity (Wildman–Crippen MR) is 132 cm³/mol. The number of sulfonamides is 1. The lowest BCUT2D eigenvalue weighted by atomic mass is 10.1. The Morgan fingerprint density at radius 2 is 1.58 bits per heavy atom. The Balaban J connectivity index is 1.36. The van der Waals surface area contributed by atoms with E-state index in [4.69, 9.17) is 25.8 Å². The fraction of sp³-hybridized carbons (Fsp3) is 0.417. The third-order valence-electron chi connectivity index (χ3n) is 6.10. The van der Waals surface area contributed by atoms with E-state index < -0.39 is 10.0 Å². The fourth-order valence-corrected chi connectivity index (χ4v) is 5.58. The van der Waals surface area contributed by atoms with Gasteiger partial charge in [0.25, 0.3) is 11.8 Å². The molecule has 36 heavy (non-hydrogen) atoms. The summed E-state index contributed by atoms with van der Waals surface area (Å²) in [6.07, 6.45) is 0. The number of carbonyl (C=O) groups is 2. The second-order valence-corrected chi connectivity index (χ2v) is 10.7. The molecule has 0 aromatic heterocycles. The SMILES string of the molecule is COc1cc(C(=O)N2CCN(S(=O)(=O)c3ccc(Cl)cc3)CC2)ccc1OCC(=O)N1CCOCC1. The molecule has 2 aliphatic heterocycles. The van der Waals surface area contributed by atoms with E-state index in [2.05, 4.69) is 0 Å². The average molecular weight is 538 g/mol. The molecule has 2 fully saturated rings. The van der Waals surface area contributed by atoms with Crippen molar-refractivity contribution in [3.05, 3.63) is 53.1 Å². The molecule has 0 spiro atoms. The zero-order valence-electron chi connectivity index (χ0n) is 19.9. The minimum absolute atomic E-state index is 0.145. The van der Waals surface area contributed by atoms with Crippen molar-refractivity contribution in [1.82, 2.24) is 14.1 Å². The fourth-order valence-electron chi connectivity index (χ4n) is 4.03. The van der Waals surface area contributed by atoms with Gasteiger partial charge in [0.15, 0.2) is 18.1 Å². The molecular weight excluding hydrogens is 510 g/mol. The number of rotatable bonds is 7. The van der Waals surface area contributed by atoms with Crippen LogP contribution in [0.1, 0.15) is 10.4 Å². The van der Waals surface area contributed by atoms with Crippen LogP contribution in [0.3, 0.4) is 0 Å². The molecule has 2 aromatic carbocycles. The number of hydrogen-bond donors (Lipinski definition) is 0. The zero-order valence-corrected chi connectivity index (χ0v) is 21.5. The first kappa shape index (κ1) is 26.2. The monoisotopic (exact) mass is 537 g/mol. The van der Waals surface area contributed by atoms with Crippen LogP contribution in [0.5, 0.6) is 11.5 Å². The molecule has 0 unspecified atom stereocenters. The van der Waals surface area contributed by atoms with E-state index in [1.54, 1.807) is 28.0 Å². The molecule has 10 nitrogen and oxygen atoms in total. The summed E-state index contributed by atoms with van der Waals surface area (Å²) < 4.78 is 43.4. The molecule has 194 valence electrons. The smallest absolute Gasteiger partial charge is 0.260 e. The molecule has 0 N–H and O–H groups in total. The van der Waals surface area contributed by atoms with Crippen LogP contribution in [0.2, 0.25) is 5.02 Å². The van der Waals surface area contributed by atoms with Crippen LogP contribution in [0.4, 0.5) is 0 Å². The summed E-state index contributed by atoms with van der Waals surface area (Å²) in [4.78, 5) is 28.9. The predicted octanol–water partition coefficient (Wildman–Crippen LogP) is 1.73. The Labute approximate surface area is 215 Å². The third kappa shape index (κ3) is 5.92. The highest BCUT2D eigenvalue weighted by Gasteiger charge is 2.30. The number of methoxy groups -OCH3 is 1. The Bertz CT molecular complexity index is 1190. The van der Waals surface area contributed by atoms with Crippen molar-refractivity contribution in [1.29, 1.82) is 0 Å². The van der Waals surface area contributed by atoms with Crippen molar-refractivity contribution < 1.29 is 32.2 Å². The van der Waals surface area contributed by atoms with Crippen molar-refractivity contribution in [2.75, 3.05) is 66.2 Å². The lowest BCUT2D eigenvalue weighted by molar-refractivity contribution is -0.137. The normalized spacial score (nSPS) is 17.1. The Kier molecular flexibility index (Phi) is 8.35. The third-order valence-corrected chi connectivity index (χ3v) is 8.27. The average Bonchev–Trinajstić information content (AvgIpc) is 2.92. The summed E-state index contributed by atoms with van der Waals surface area (Å²) in [7, 11) is -2.21. The maximum Gasteiger partial charge on any atom is 0.260 e. The highest BCUT2D eigenvalue weighted by molar-refractivity contribution is 7.89. The maximum atomic E-state index is 13.1. The van der Waals surface area contributed by atoms with Crippen molar-refractivity contribution in [2.24, 2.45) is 0 Å². The number of hydrogen-bond acceptors (Lipinski definition) is 7. The van der Waals surface area contributed by atoms with Gasteiger partial charge in [0, 0.05) is 49.9 Å². The zero-order chi connectivity index (χ0) is 25.7. The molecule has 2 saturated heterocycles. The van der Waals surface area contributed by atoms with Gasteiger partial charge in [0.1, 0.15) is 0 Å². The summed E-state index contributed by atoms with van der Waals surface area (Å²) in [5.74, 6) is 0.300. The first-order valence-corrected chi connectivity index (χ1v) is 13.3. The Morgan fingerprint density at radius 1 is 0.917 bits per heavy atom. The van der Waals surface area contributed by atoms with E-state index in [1.807, 2.05) is 0 Å². The van der Waals surface area contributed by atoms with Gasteiger partial charge in [-0.15, -0.1) is 0 Å². The molecule has 0 aliphatic carbocycles. The van der Waals surface area contributed by atoms with Gasteiger partial charge in [-0.2, -0.15) is 4.31 Å². The first-order chi connectivity index (χ1) is 17.3. The van der Waals surface area contributed by atoms with E-state index in [-0.39, 0.29) is 49.5 Å². The molecule has 0 radical (unpaired) electrons. The molecule has 4 rings (SSSR count). The van der Waals surface area contributed by atoms with Crippen molar-refractivity contribution in [2.45, 2.75) is 4.90 Å². The van der Waals surface area contributed by atoms with Gasteiger partial charge in [0.05, 0.1) is 25.2 Å². The number of halogens is 1. The number of ether oxygens (including phenoxy) is 3. The molecule has 2 heterocycles. The molecule has 2 aromatic rings. The van der Waals surface area contributed by atoms with E-state index in [9.17, 15) is 18.0 Å². The van der Waals surface area contributed by atoms with Gasteiger partial charge in [-0.1, -0.05) is 11.6 Å². The second kappa shape index (κ2) is 11.5. The molecule has 2 aliphatic rings. The van der Waals surface area contributed by atoms with Crippen molar-refractivity contribution >= 4 is 33.4 Å². The quantitative estimate of drug-likeness (QED) is 0.529. The Morgan fingerprint density at radius 3 is 2.22 bits per heavy atom. The van der Waals surface area contributed by atoms with Gasteiger partial charge >= 0.3 is 0 Å². The van der Waals surface area contributed by atoms with Crippen LogP contribution in [-0.2, 0) is 19.6 Å². The topological polar surface area (TPSA) is 106 Å². The van der Waals surface area contributed by atoms with Crippen LogP contribution in [0, 0.1) is 0 Å². The van der Waals surface area contributed by atoms with E-state index >= 15 is 0 Å². The number of piperazine rings is 1. The van der Waals surface area contributed by atoms with Crippen molar-refractivity contribution in [3.8, 4) is 11.5 Å². The van der Waals surface area contributed by atoms with Crippen LogP contribution in [0.15, 0.2) is 47.4 Å². The minimum Gasteiger partial charge on any atom is -0.493 e. The van der Waals surface area contributed by atoms with Gasteiger partial charge in [0.2, 0.25) is 10.0 Å². The van der Waals surface area contributed by atoms with Crippen LogP contribution in [-0.4, -0.2) is 101 Å². The lowest BCUT2D eigenvalue weighted by Crippen LogP contribution is -2.50. The molecule has 0 atom stereocenters. The summed E-state index contributed by atoms with van der Waals surface area (Å²) in [6.45, 7) is 2.79. The number of benzene rings is 2. The minimum atomic E-state index is -3.67. The number of morpholine rings is 1. The standard InChI is InChI=1S/C24H28ClN3O7S/c1-33-22-16-18(2-7-21(22)35-17-23(29)26-12-14-34-15-13-26)24(30)27-8-10-28(11-9-27)36(31,32)20-5-3-19(25)4-6-20/h2-7,16H,8-15,17H2,1H3. The number of nitrogens with zero attached hydrogens (tertiary/aromatic N) is 3. The maximum absolute atomic E-state index is 13.1. The number of amides is 2. The summed E-state index contributed by atoms with van der Waals surface area (Å²) in [6, 6.07) is 10.8. The largest absolute Gasteiger partial charge is 0.493 e. The van der Waals surface area contributed by atoms with Crippen LogP contribution >= 0.6 is 11.6 Å². The summed E-state index contributed by atoms with van der Waals surface area (Å²) in [5, 5.41) is 0.458. The second-order valence-electron chi connectivity index (χ2n) is 8.30. The molecule has 0 saturated carbocycles. The summed E-state index contributed by atoms with van der Waals surface area (Å²) in [5.41, 5.74) is 0.382. The molecule has 2 amide bonds. The number of carbonyl (C=O) groups excluding carboxylic acids is 2. The summed E-state index contributed by atoms with van der Waals surface area (Å²) >= 11 is 5.86. The van der Waals surface area contributed by atoms with Crippen LogP contribution < -0.4 is 9.47 Å². The lowest BCUT2D eigenvalue weighted by Gasteiger charge is -2.34. The highest BCUT2D eigenvalue weighted by atomic mass is 35.5. The van der Waals surface area contributed by atoms with Gasteiger partial charge in [-0.25, -0.2) is 8.42 Å². The van der Waals surface area contributed by atoms with E-state index in [1.165, 1.54) is 35.7 Å².